The van der Waals surface area contributed by atoms with E-state index in [0.717, 1.165) is 34.2 Å². The number of rotatable bonds is 4. The fourth-order valence-electron chi connectivity index (χ4n) is 4.36. The van der Waals surface area contributed by atoms with Crippen LogP contribution >= 0.6 is 11.8 Å². The Hall–Kier alpha value is -3.71. The van der Waals surface area contributed by atoms with Crippen LogP contribution in [0.4, 0.5) is 5.69 Å². The van der Waals surface area contributed by atoms with Gasteiger partial charge in [0.05, 0.1) is 17.4 Å². The maximum absolute atomic E-state index is 13.1. The van der Waals surface area contributed by atoms with Crippen molar-refractivity contribution < 1.29 is 9.59 Å². The molecule has 6 nitrogen and oxygen atoms in total. The number of imide groups is 1. The van der Waals surface area contributed by atoms with Crippen LogP contribution in [0.15, 0.2) is 90.0 Å². The first-order valence-electron chi connectivity index (χ1n) is 11.2. The number of aryl methyl sites for hydroxylation is 1. The molecule has 0 saturated carbocycles. The van der Waals surface area contributed by atoms with Gasteiger partial charge in [0.25, 0.3) is 0 Å². The second-order valence-corrected chi connectivity index (χ2v) is 9.60. The molecule has 170 valence electrons. The van der Waals surface area contributed by atoms with Crippen molar-refractivity contribution in [1.82, 2.24) is 5.01 Å². The molecule has 2 atom stereocenters. The minimum atomic E-state index is -0.645. The maximum Gasteiger partial charge on any atom is 0.247 e. The van der Waals surface area contributed by atoms with Crippen LogP contribution in [-0.4, -0.2) is 33.0 Å². The second-order valence-electron chi connectivity index (χ2n) is 8.41. The molecule has 7 heteroatoms. The van der Waals surface area contributed by atoms with Crippen molar-refractivity contribution in [1.29, 1.82) is 5.41 Å². The molecule has 5 rings (SSSR count). The number of hydrogen-bond donors (Lipinski definition) is 1. The largest absolute Gasteiger partial charge is 0.277 e. The zero-order chi connectivity index (χ0) is 23.7. The van der Waals surface area contributed by atoms with Crippen molar-refractivity contribution in [3.8, 4) is 0 Å². The molecule has 1 fully saturated rings. The molecule has 3 aromatic rings. The van der Waals surface area contributed by atoms with Gasteiger partial charge in [0, 0.05) is 12.8 Å². The van der Waals surface area contributed by atoms with Crippen molar-refractivity contribution in [2.45, 2.75) is 31.1 Å². The number of anilines is 1. The lowest BCUT2D eigenvalue weighted by Gasteiger charge is -2.24. The standard InChI is InChI=1S/C27H24N4O2S/c1-18-9-8-14-21(15-18)30-25(32)17-24(26(30)33)34-27(28)31-23(20-12-6-3-7-13-20)16-22(29-31)19-10-4-2-5-11-19/h2-15,23-24,28H,16-17H2,1H3/t23-,24+/m0/s1. The van der Waals surface area contributed by atoms with Gasteiger partial charge in [-0.05, 0) is 35.7 Å². The second kappa shape index (κ2) is 9.27. The number of carbonyl (C=O) groups is 2. The molecule has 2 aliphatic rings. The first-order valence-corrected chi connectivity index (χ1v) is 12.0. The highest BCUT2D eigenvalue weighted by atomic mass is 32.2. The molecule has 0 unspecified atom stereocenters. The first-order chi connectivity index (χ1) is 16.5. The van der Waals surface area contributed by atoms with E-state index in [0.29, 0.717) is 12.1 Å². The maximum atomic E-state index is 13.1. The van der Waals surface area contributed by atoms with Crippen molar-refractivity contribution in [2.24, 2.45) is 5.10 Å². The molecule has 2 heterocycles. The number of amides is 2. The van der Waals surface area contributed by atoms with E-state index in [2.05, 4.69) is 0 Å². The Morgan fingerprint density at radius 3 is 2.35 bits per heavy atom. The topological polar surface area (TPSA) is 76.8 Å². The van der Waals surface area contributed by atoms with Gasteiger partial charge in [0.1, 0.15) is 5.25 Å². The average Bonchev–Trinajstić information content (AvgIpc) is 3.41. The van der Waals surface area contributed by atoms with Crippen molar-refractivity contribution in [3.63, 3.8) is 0 Å². The number of hydrazone groups is 1. The SMILES string of the molecule is Cc1cccc(N2C(=O)C[C@@H](SC(=N)N3N=C(c4ccccc4)C[C@H]3c3ccccc3)C2=O)c1. The molecule has 0 bridgehead atoms. The number of nitrogens with one attached hydrogen (secondary N) is 1. The summed E-state index contributed by atoms with van der Waals surface area (Å²) in [6.07, 6.45) is 0.725. The Morgan fingerprint density at radius 1 is 0.941 bits per heavy atom. The summed E-state index contributed by atoms with van der Waals surface area (Å²) in [6, 6.07) is 27.1. The molecule has 3 aromatic carbocycles. The molecule has 0 aromatic heterocycles. The molecule has 1 N–H and O–H groups in total. The fraction of sp³-hybridized carbons (Fsp3) is 0.185. The highest BCUT2D eigenvalue weighted by Crippen LogP contribution is 2.37. The third-order valence-corrected chi connectivity index (χ3v) is 7.09. The van der Waals surface area contributed by atoms with Gasteiger partial charge in [-0.25, -0.2) is 9.91 Å². The average molecular weight is 469 g/mol. The van der Waals surface area contributed by atoms with Crippen LogP contribution in [0.5, 0.6) is 0 Å². The molecule has 0 aliphatic carbocycles. The number of nitrogens with zero attached hydrogens (tertiary/aromatic N) is 3. The number of thioether (sulfide) groups is 1. The van der Waals surface area contributed by atoms with Gasteiger partial charge in [-0.2, -0.15) is 5.10 Å². The lowest BCUT2D eigenvalue weighted by molar-refractivity contribution is -0.121. The van der Waals surface area contributed by atoms with E-state index in [1.165, 1.54) is 4.90 Å². The van der Waals surface area contributed by atoms with Gasteiger partial charge in [0.15, 0.2) is 5.17 Å². The third kappa shape index (κ3) is 4.26. The van der Waals surface area contributed by atoms with E-state index in [1.807, 2.05) is 85.8 Å². The monoisotopic (exact) mass is 468 g/mol. The summed E-state index contributed by atoms with van der Waals surface area (Å²) in [5.74, 6) is -0.525. The molecule has 0 spiro atoms. The summed E-state index contributed by atoms with van der Waals surface area (Å²) in [5, 5.41) is 14.8. The van der Waals surface area contributed by atoms with Gasteiger partial charge in [-0.15, -0.1) is 0 Å². The predicted molar refractivity (Wildman–Crippen MR) is 136 cm³/mol. The van der Waals surface area contributed by atoms with Crippen LogP contribution in [0.1, 0.15) is 35.6 Å². The summed E-state index contributed by atoms with van der Waals surface area (Å²) < 4.78 is 0. The Labute approximate surface area is 202 Å². The molecule has 0 radical (unpaired) electrons. The molecule has 2 aliphatic heterocycles. The first kappa shape index (κ1) is 22.1. The molecular weight excluding hydrogens is 444 g/mol. The third-order valence-electron chi connectivity index (χ3n) is 6.03. The van der Waals surface area contributed by atoms with Crippen molar-refractivity contribution in [2.75, 3.05) is 4.90 Å². The summed E-state index contributed by atoms with van der Waals surface area (Å²) >= 11 is 1.10. The Morgan fingerprint density at radius 2 is 1.65 bits per heavy atom. The normalized spacial score (nSPS) is 20.1. The van der Waals surface area contributed by atoms with Gasteiger partial charge in [-0.1, -0.05) is 84.6 Å². The van der Waals surface area contributed by atoms with E-state index >= 15 is 0 Å². The zero-order valence-corrected chi connectivity index (χ0v) is 19.5. The highest BCUT2D eigenvalue weighted by molar-refractivity contribution is 8.14. The Balaban J connectivity index is 1.39. The van der Waals surface area contributed by atoms with Gasteiger partial charge >= 0.3 is 0 Å². The number of hydrogen-bond acceptors (Lipinski definition) is 5. The van der Waals surface area contributed by atoms with Crippen molar-refractivity contribution in [3.05, 3.63) is 102 Å². The van der Waals surface area contributed by atoms with E-state index in [1.54, 1.807) is 11.1 Å². The Bertz CT molecular complexity index is 1280. The highest BCUT2D eigenvalue weighted by Gasteiger charge is 2.42. The quantitative estimate of drug-likeness (QED) is 0.327. The summed E-state index contributed by atoms with van der Waals surface area (Å²) in [4.78, 5) is 27.1. The molecule has 2 amide bonds. The van der Waals surface area contributed by atoms with Crippen LogP contribution in [0, 0.1) is 12.3 Å². The van der Waals surface area contributed by atoms with E-state index in [4.69, 9.17) is 10.5 Å². The zero-order valence-electron chi connectivity index (χ0n) is 18.7. The minimum Gasteiger partial charge on any atom is -0.277 e. The van der Waals surface area contributed by atoms with Crippen LogP contribution < -0.4 is 4.90 Å². The lowest BCUT2D eigenvalue weighted by Crippen LogP contribution is -2.32. The molecular formula is C27H24N4O2S. The molecule has 34 heavy (non-hydrogen) atoms. The molecule has 1 saturated heterocycles. The number of carbonyl (C=O) groups excluding carboxylic acids is 2. The van der Waals surface area contributed by atoms with Gasteiger partial charge in [-0.3, -0.25) is 15.0 Å². The number of amidine groups is 1. The summed E-state index contributed by atoms with van der Waals surface area (Å²) in [6.45, 7) is 1.93. The summed E-state index contributed by atoms with van der Waals surface area (Å²) in [7, 11) is 0. The summed E-state index contributed by atoms with van der Waals surface area (Å²) in [5.41, 5.74) is 4.53. The Kier molecular flexibility index (Phi) is 6.02. The fourth-order valence-corrected chi connectivity index (χ4v) is 5.34. The van der Waals surface area contributed by atoms with E-state index in [-0.39, 0.29) is 29.4 Å². The van der Waals surface area contributed by atoms with Crippen molar-refractivity contribution >= 4 is 40.1 Å². The van der Waals surface area contributed by atoms with Crippen LogP contribution in [0.3, 0.4) is 0 Å². The van der Waals surface area contributed by atoms with E-state index < -0.39 is 5.25 Å². The number of benzene rings is 3. The van der Waals surface area contributed by atoms with Gasteiger partial charge < -0.3 is 0 Å². The van der Waals surface area contributed by atoms with Crippen LogP contribution in [0.25, 0.3) is 0 Å². The smallest absolute Gasteiger partial charge is 0.247 e. The van der Waals surface area contributed by atoms with Crippen LogP contribution in [-0.2, 0) is 9.59 Å². The van der Waals surface area contributed by atoms with E-state index in [9.17, 15) is 9.59 Å². The van der Waals surface area contributed by atoms with Gasteiger partial charge in [0.2, 0.25) is 11.8 Å². The minimum absolute atomic E-state index is 0.0684. The predicted octanol–water partition coefficient (Wildman–Crippen LogP) is 5.15. The lowest BCUT2D eigenvalue weighted by atomic mass is 9.99. The van der Waals surface area contributed by atoms with Crippen LogP contribution in [0.2, 0.25) is 0 Å².